The van der Waals surface area contributed by atoms with Gasteiger partial charge in [0.25, 0.3) is 11.8 Å². The average molecular weight is 401 g/mol. The Morgan fingerprint density at radius 1 is 0.778 bits per heavy atom. The average Bonchev–Trinajstić information content (AvgIpc) is 2.96. The molecule has 2 aliphatic heterocycles. The zero-order chi connectivity index (χ0) is 19.0. The monoisotopic (exact) mass is 400 g/mol. The van der Waals surface area contributed by atoms with Crippen molar-refractivity contribution in [2.45, 2.75) is 19.3 Å². The zero-order valence-corrected chi connectivity index (χ0v) is 16.1. The summed E-state index contributed by atoms with van der Waals surface area (Å²) in [7, 11) is 0. The van der Waals surface area contributed by atoms with Gasteiger partial charge in [-0.1, -0.05) is 59.6 Å². The minimum absolute atomic E-state index is 0.202. The topological polar surface area (TPSA) is 40.6 Å². The molecular formula is C21H18Cl2N2O2. The molecule has 2 aromatic carbocycles. The smallest absolute Gasteiger partial charge is 0.282 e. The lowest BCUT2D eigenvalue weighted by Gasteiger charge is -2.29. The minimum atomic E-state index is -0.365. The number of hydrogen-bond donors (Lipinski definition) is 0. The number of nitrogens with zero attached hydrogens (tertiary/aromatic N) is 2. The molecule has 0 N–H and O–H groups in total. The third kappa shape index (κ3) is 3.13. The van der Waals surface area contributed by atoms with Crippen LogP contribution in [0.3, 0.4) is 0 Å². The Kier molecular flexibility index (Phi) is 4.94. The molecule has 138 valence electrons. The summed E-state index contributed by atoms with van der Waals surface area (Å²) in [5.41, 5.74) is 1.94. The van der Waals surface area contributed by atoms with Crippen LogP contribution < -0.4 is 4.90 Å². The molecule has 1 fully saturated rings. The van der Waals surface area contributed by atoms with Gasteiger partial charge in [0.1, 0.15) is 5.70 Å². The van der Waals surface area contributed by atoms with Gasteiger partial charge in [-0.05, 0) is 37.0 Å². The minimum Gasteiger partial charge on any atom is -0.366 e. The number of carbonyl (C=O) groups is 2. The number of anilines is 1. The van der Waals surface area contributed by atoms with E-state index in [2.05, 4.69) is 0 Å². The lowest BCUT2D eigenvalue weighted by molar-refractivity contribution is -0.120. The van der Waals surface area contributed by atoms with E-state index in [-0.39, 0.29) is 16.8 Å². The fraction of sp³-hybridized carbons (Fsp3) is 0.238. The van der Waals surface area contributed by atoms with Gasteiger partial charge < -0.3 is 4.90 Å². The van der Waals surface area contributed by atoms with Gasteiger partial charge in [0.05, 0.1) is 21.3 Å². The highest BCUT2D eigenvalue weighted by Crippen LogP contribution is 2.40. The molecule has 2 aromatic rings. The number of hydrogen-bond acceptors (Lipinski definition) is 3. The standard InChI is InChI=1S/C21H18Cl2N2O2/c22-15-10-7-11-16(18(15)23)25-20(26)17(14-8-3-1-4-9-14)19(21(25)27)24-12-5-2-6-13-24/h1,3-4,7-11H,2,5-6,12-13H2. The first-order chi connectivity index (χ1) is 13.1. The second-order valence-corrected chi connectivity index (χ2v) is 7.44. The Labute approximate surface area is 168 Å². The van der Waals surface area contributed by atoms with Crippen LogP contribution in [0, 0.1) is 0 Å². The lowest BCUT2D eigenvalue weighted by Crippen LogP contribution is -2.37. The summed E-state index contributed by atoms with van der Waals surface area (Å²) in [6.45, 7) is 1.53. The molecular weight excluding hydrogens is 383 g/mol. The van der Waals surface area contributed by atoms with E-state index in [1.807, 2.05) is 35.2 Å². The number of piperidine rings is 1. The van der Waals surface area contributed by atoms with E-state index in [1.54, 1.807) is 18.2 Å². The van der Waals surface area contributed by atoms with Gasteiger partial charge in [-0.25, -0.2) is 4.90 Å². The predicted molar refractivity (Wildman–Crippen MR) is 108 cm³/mol. The Morgan fingerprint density at radius 2 is 1.48 bits per heavy atom. The maximum atomic E-state index is 13.4. The number of rotatable bonds is 3. The quantitative estimate of drug-likeness (QED) is 0.697. The molecule has 2 amide bonds. The number of likely N-dealkylation sites (tertiary alicyclic amines) is 1. The molecule has 2 aliphatic rings. The summed E-state index contributed by atoms with van der Waals surface area (Å²) in [4.78, 5) is 29.9. The zero-order valence-electron chi connectivity index (χ0n) is 14.6. The maximum Gasteiger partial charge on any atom is 0.282 e. The number of imide groups is 1. The van der Waals surface area contributed by atoms with Crippen molar-refractivity contribution in [1.82, 2.24) is 4.90 Å². The fourth-order valence-electron chi connectivity index (χ4n) is 3.68. The highest BCUT2D eigenvalue weighted by molar-refractivity contribution is 6.49. The van der Waals surface area contributed by atoms with E-state index >= 15 is 0 Å². The van der Waals surface area contributed by atoms with Crippen molar-refractivity contribution >= 4 is 46.3 Å². The van der Waals surface area contributed by atoms with E-state index in [0.717, 1.165) is 42.8 Å². The molecule has 27 heavy (non-hydrogen) atoms. The normalized spacial score (nSPS) is 17.9. The van der Waals surface area contributed by atoms with E-state index < -0.39 is 0 Å². The van der Waals surface area contributed by atoms with Crippen LogP contribution in [0.2, 0.25) is 10.0 Å². The van der Waals surface area contributed by atoms with Crippen molar-refractivity contribution in [2.75, 3.05) is 18.0 Å². The summed E-state index contributed by atoms with van der Waals surface area (Å²) in [5, 5.41) is 0.510. The van der Waals surface area contributed by atoms with Crippen LogP contribution in [0.5, 0.6) is 0 Å². The van der Waals surface area contributed by atoms with Crippen molar-refractivity contribution in [1.29, 1.82) is 0 Å². The van der Waals surface area contributed by atoms with Crippen molar-refractivity contribution in [3.63, 3.8) is 0 Å². The van der Waals surface area contributed by atoms with Crippen molar-refractivity contribution in [2.24, 2.45) is 0 Å². The van der Waals surface area contributed by atoms with Crippen LogP contribution in [0.1, 0.15) is 24.8 Å². The third-order valence-electron chi connectivity index (χ3n) is 4.97. The molecule has 0 spiro atoms. The summed E-state index contributed by atoms with van der Waals surface area (Å²) < 4.78 is 0. The Morgan fingerprint density at radius 3 is 2.19 bits per heavy atom. The Hall–Kier alpha value is -2.30. The molecule has 0 bridgehead atoms. The second-order valence-electron chi connectivity index (χ2n) is 6.66. The van der Waals surface area contributed by atoms with Crippen LogP contribution in [0.15, 0.2) is 54.2 Å². The second kappa shape index (κ2) is 7.37. The summed E-state index contributed by atoms with van der Waals surface area (Å²) in [5.74, 6) is -0.708. The lowest BCUT2D eigenvalue weighted by atomic mass is 10.0. The van der Waals surface area contributed by atoms with Crippen molar-refractivity contribution in [3.8, 4) is 0 Å². The number of benzene rings is 2. The Balaban J connectivity index is 1.85. The van der Waals surface area contributed by atoms with Gasteiger partial charge in [0, 0.05) is 13.1 Å². The van der Waals surface area contributed by atoms with Gasteiger partial charge in [0.2, 0.25) is 0 Å². The highest BCUT2D eigenvalue weighted by atomic mass is 35.5. The molecule has 0 saturated carbocycles. The Bertz CT molecular complexity index is 934. The SMILES string of the molecule is O=C1C(c2ccccc2)=C(N2CCCCC2)C(=O)N1c1cccc(Cl)c1Cl. The van der Waals surface area contributed by atoms with E-state index in [0.29, 0.717) is 22.0 Å². The van der Waals surface area contributed by atoms with E-state index in [4.69, 9.17) is 23.2 Å². The molecule has 1 saturated heterocycles. The van der Waals surface area contributed by atoms with Gasteiger partial charge in [0.15, 0.2) is 0 Å². The first kappa shape index (κ1) is 18.1. The van der Waals surface area contributed by atoms with Crippen LogP contribution >= 0.6 is 23.2 Å². The molecule has 0 radical (unpaired) electrons. The molecule has 6 heteroatoms. The maximum absolute atomic E-state index is 13.4. The summed E-state index contributed by atoms with van der Waals surface area (Å²) in [6.07, 6.45) is 3.15. The van der Waals surface area contributed by atoms with Crippen LogP contribution in [0.4, 0.5) is 5.69 Å². The fourth-order valence-corrected chi connectivity index (χ4v) is 4.06. The largest absolute Gasteiger partial charge is 0.366 e. The van der Waals surface area contributed by atoms with Crippen LogP contribution in [-0.2, 0) is 9.59 Å². The summed E-state index contributed by atoms with van der Waals surface area (Å²) in [6, 6.07) is 14.3. The third-order valence-corrected chi connectivity index (χ3v) is 5.78. The van der Waals surface area contributed by atoms with E-state index in [1.165, 1.54) is 0 Å². The summed E-state index contributed by atoms with van der Waals surface area (Å²) >= 11 is 12.4. The van der Waals surface area contributed by atoms with Crippen molar-refractivity contribution in [3.05, 3.63) is 69.8 Å². The molecule has 2 heterocycles. The number of amides is 2. The first-order valence-corrected chi connectivity index (χ1v) is 9.72. The number of carbonyl (C=O) groups excluding carboxylic acids is 2. The van der Waals surface area contributed by atoms with Gasteiger partial charge >= 0.3 is 0 Å². The van der Waals surface area contributed by atoms with Gasteiger partial charge in [-0.3, -0.25) is 9.59 Å². The van der Waals surface area contributed by atoms with Gasteiger partial charge in [-0.15, -0.1) is 0 Å². The first-order valence-electron chi connectivity index (χ1n) is 8.97. The van der Waals surface area contributed by atoms with Crippen molar-refractivity contribution < 1.29 is 9.59 Å². The van der Waals surface area contributed by atoms with Gasteiger partial charge in [-0.2, -0.15) is 0 Å². The highest BCUT2D eigenvalue weighted by Gasteiger charge is 2.43. The van der Waals surface area contributed by atoms with E-state index in [9.17, 15) is 9.59 Å². The molecule has 4 rings (SSSR count). The number of halogens is 2. The molecule has 0 aliphatic carbocycles. The molecule has 0 atom stereocenters. The molecule has 0 aromatic heterocycles. The molecule has 0 unspecified atom stereocenters. The van der Waals surface area contributed by atoms with Crippen LogP contribution in [0.25, 0.3) is 5.57 Å². The van der Waals surface area contributed by atoms with Crippen LogP contribution in [-0.4, -0.2) is 29.8 Å². The predicted octanol–water partition coefficient (Wildman–Crippen LogP) is 4.76. The molecule has 4 nitrogen and oxygen atoms in total.